The molecule has 1 saturated heterocycles. The second-order valence-corrected chi connectivity index (χ2v) is 9.25. The zero-order valence-electron chi connectivity index (χ0n) is 17.2. The van der Waals surface area contributed by atoms with E-state index < -0.39 is 0 Å². The van der Waals surface area contributed by atoms with Crippen LogP contribution in [0.15, 0.2) is 48.0 Å². The number of carbonyl (C=O) groups is 1. The Kier molecular flexibility index (Phi) is 6.67. The number of H-pyrrole nitrogens is 1. The molecule has 154 valence electrons. The van der Waals surface area contributed by atoms with Crippen LogP contribution in [0, 0.1) is 5.92 Å². The van der Waals surface area contributed by atoms with Gasteiger partial charge in [-0.2, -0.15) is 0 Å². The molecule has 1 aromatic carbocycles. The number of fused-ring (bicyclic) bond motifs is 1. The average Bonchev–Trinajstić information content (AvgIpc) is 3.40. The highest BCUT2D eigenvalue weighted by atomic mass is 32.1. The maximum Gasteiger partial charge on any atom is 0.220 e. The molecule has 0 spiro atoms. The molecule has 1 amide bonds. The lowest BCUT2D eigenvalue weighted by Crippen LogP contribution is -2.41. The van der Waals surface area contributed by atoms with Crippen molar-refractivity contribution in [2.24, 2.45) is 5.92 Å². The quantitative estimate of drug-likeness (QED) is 0.541. The number of benzene rings is 1. The molecule has 4 rings (SSSR count). The molecule has 5 heteroatoms. The van der Waals surface area contributed by atoms with E-state index in [0.717, 1.165) is 31.8 Å². The summed E-state index contributed by atoms with van der Waals surface area (Å²) in [6, 6.07) is 13.0. The number of thiophene rings is 1. The fourth-order valence-corrected chi connectivity index (χ4v) is 5.17. The molecular formula is C24H31N3OS. The van der Waals surface area contributed by atoms with E-state index in [9.17, 15) is 4.79 Å². The number of rotatable bonds is 8. The molecule has 2 N–H and O–H groups in total. The first kappa shape index (κ1) is 20.2. The Labute approximate surface area is 177 Å². The minimum absolute atomic E-state index is 0.164. The van der Waals surface area contributed by atoms with Crippen molar-refractivity contribution in [2.75, 3.05) is 19.6 Å². The van der Waals surface area contributed by atoms with Crippen molar-refractivity contribution in [3.63, 3.8) is 0 Å². The molecule has 0 aliphatic carbocycles. The number of piperidine rings is 1. The number of aromatic nitrogens is 1. The molecule has 0 saturated carbocycles. The second kappa shape index (κ2) is 9.59. The van der Waals surface area contributed by atoms with Gasteiger partial charge in [-0.3, -0.25) is 9.69 Å². The molecule has 1 fully saturated rings. The summed E-state index contributed by atoms with van der Waals surface area (Å²) < 4.78 is 0. The van der Waals surface area contributed by atoms with Crippen molar-refractivity contribution in [1.82, 2.24) is 15.2 Å². The van der Waals surface area contributed by atoms with Gasteiger partial charge in [0.25, 0.3) is 0 Å². The Morgan fingerprint density at radius 3 is 2.86 bits per heavy atom. The summed E-state index contributed by atoms with van der Waals surface area (Å²) >= 11 is 1.80. The zero-order valence-corrected chi connectivity index (χ0v) is 18.0. The number of aromatic amines is 1. The van der Waals surface area contributed by atoms with Crippen LogP contribution < -0.4 is 5.32 Å². The van der Waals surface area contributed by atoms with Gasteiger partial charge in [-0.1, -0.05) is 31.2 Å². The topological polar surface area (TPSA) is 48.1 Å². The Morgan fingerprint density at radius 1 is 1.24 bits per heavy atom. The van der Waals surface area contributed by atoms with Crippen molar-refractivity contribution < 1.29 is 4.79 Å². The standard InChI is InChI=1S/C24H31N3OS/c1-18-11-13-27(14-12-18)22(23-9-5-15-29-23)17-26-24(28)10-4-6-19-16-25-21-8-3-2-7-20(19)21/h2-3,5,7-9,15-16,18,22,25H,4,6,10-14,17H2,1H3,(H,26,28)/t22-/m1/s1. The van der Waals surface area contributed by atoms with Crippen LogP contribution >= 0.6 is 11.3 Å². The molecule has 1 aliphatic heterocycles. The van der Waals surface area contributed by atoms with Gasteiger partial charge in [-0.25, -0.2) is 0 Å². The van der Waals surface area contributed by atoms with Crippen LogP contribution in [0.2, 0.25) is 0 Å². The zero-order chi connectivity index (χ0) is 20.1. The maximum atomic E-state index is 12.5. The van der Waals surface area contributed by atoms with Gasteiger partial charge in [0.05, 0.1) is 6.04 Å². The van der Waals surface area contributed by atoms with Crippen LogP contribution in [0.4, 0.5) is 0 Å². The van der Waals surface area contributed by atoms with Gasteiger partial charge in [0.1, 0.15) is 0 Å². The summed E-state index contributed by atoms with van der Waals surface area (Å²) in [5.41, 5.74) is 2.47. The molecule has 1 aliphatic rings. The Hall–Kier alpha value is -2.11. The van der Waals surface area contributed by atoms with Gasteiger partial charge < -0.3 is 10.3 Å². The normalized spacial score (nSPS) is 16.9. The van der Waals surface area contributed by atoms with E-state index in [1.165, 1.54) is 34.2 Å². The third kappa shape index (κ3) is 5.09. The van der Waals surface area contributed by atoms with Gasteiger partial charge in [0, 0.05) is 34.9 Å². The number of carbonyl (C=O) groups excluding carboxylic acids is 1. The SMILES string of the molecule is CC1CCN([C@H](CNC(=O)CCCc2c[nH]c3ccccc23)c2cccs2)CC1. The van der Waals surface area contributed by atoms with Gasteiger partial charge in [0.15, 0.2) is 0 Å². The van der Waals surface area contributed by atoms with E-state index in [1.54, 1.807) is 11.3 Å². The maximum absolute atomic E-state index is 12.5. The van der Waals surface area contributed by atoms with Crippen molar-refractivity contribution in [2.45, 2.75) is 45.1 Å². The summed E-state index contributed by atoms with van der Waals surface area (Å²) in [5.74, 6) is 0.978. The molecule has 3 heterocycles. The van der Waals surface area contributed by atoms with Crippen molar-refractivity contribution >= 4 is 28.1 Å². The largest absolute Gasteiger partial charge is 0.361 e. The van der Waals surface area contributed by atoms with Crippen LogP contribution in [0.25, 0.3) is 10.9 Å². The van der Waals surface area contributed by atoms with E-state index in [2.05, 4.69) is 64.0 Å². The summed E-state index contributed by atoms with van der Waals surface area (Å²) in [6.45, 7) is 5.30. The number of nitrogens with zero attached hydrogens (tertiary/aromatic N) is 1. The number of aryl methyl sites for hydroxylation is 1. The van der Waals surface area contributed by atoms with Crippen molar-refractivity contribution in [3.05, 3.63) is 58.4 Å². The van der Waals surface area contributed by atoms with Crippen LogP contribution in [0.3, 0.4) is 0 Å². The monoisotopic (exact) mass is 409 g/mol. The smallest absolute Gasteiger partial charge is 0.220 e. The number of likely N-dealkylation sites (tertiary alicyclic amines) is 1. The summed E-state index contributed by atoms with van der Waals surface area (Å²) in [5, 5.41) is 6.62. The molecule has 0 unspecified atom stereocenters. The third-order valence-electron chi connectivity index (χ3n) is 6.15. The number of nitrogens with one attached hydrogen (secondary N) is 2. The van der Waals surface area contributed by atoms with Crippen LogP contribution in [-0.4, -0.2) is 35.4 Å². The predicted molar refractivity (Wildman–Crippen MR) is 121 cm³/mol. The molecule has 0 radical (unpaired) electrons. The van der Waals surface area contributed by atoms with E-state index in [-0.39, 0.29) is 5.91 Å². The Balaban J connectivity index is 1.28. The van der Waals surface area contributed by atoms with Gasteiger partial charge in [-0.15, -0.1) is 11.3 Å². The lowest BCUT2D eigenvalue weighted by Gasteiger charge is -2.36. The summed E-state index contributed by atoms with van der Waals surface area (Å²) in [7, 11) is 0. The lowest BCUT2D eigenvalue weighted by atomic mass is 9.97. The highest BCUT2D eigenvalue weighted by molar-refractivity contribution is 7.10. The van der Waals surface area contributed by atoms with Gasteiger partial charge in [0.2, 0.25) is 5.91 Å². The minimum atomic E-state index is 0.164. The highest BCUT2D eigenvalue weighted by Crippen LogP contribution is 2.29. The third-order valence-corrected chi connectivity index (χ3v) is 7.12. The Morgan fingerprint density at radius 2 is 2.07 bits per heavy atom. The molecule has 1 atom stereocenters. The second-order valence-electron chi connectivity index (χ2n) is 8.27. The summed E-state index contributed by atoms with van der Waals surface area (Å²) in [4.78, 5) is 19.7. The van der Waals surface area contributed by atoms with Crippen LogP contribution in [0.5, 0.6) is 0 Å². The van der Waals surface area contributed by atoms with Crippen LogP contribution in [-0.2, 0) is 11.2 Å². The van der Waals surface area contributed by atoms with E-state index >= 15 is 0 Å². The highest BCUT2D eigenvalue weighted by Gasteiger charge is 2.25. The predicted octanol–water partition coefficient (Wildman–Crippen LogP) is 5.14. The van der Waals surface area contributed by atoms with E-state index in [0.29, 0.717) is 19.0 Å². The van der Waals surface area contributed by atoms with Crippen molar-refractivity contribution in [1.29, 1.82) is 0 Å². The summed E-state index contributed by atoms with van der Waals surface area (Å²) in [6.07, 6.45) is 6.95. The average molecular weight is 410 g/mol. The number of hydrogen-bond donors (Lipinski definition) is 2. The van der Waals surface area contributed by atoms with Crippen molar-refractivity contribution in [3.8, 4) is 0 Å². The van der Waals surface area contributed by atoms with E-state index in [1.807, 2.05) is 6.07 Å². The molecule has 0 bridgehead atoms. The molecule has 4 nitrogen and oxygen atoms in total. The number of hydrogen-bond acceptors (Lipinski definition) is 3. The first-order valence-corrected chi connectivity index (χ1v) is 11.7. The molecule has 2 aromatic heterocycles. The Bertz CT molecular complexity index is 909. The first-order valence-electron chi connectivity index (χ1n) is 10.8. The molecular weight excluding hydrogens is 378 g/mol. The lowest BCUT2D eigenvalue weighted by molar-refractivity contribution is -0.121. The fourth-order valence-electron chi connectivity index (χ4n) is 4.31. The van der Waals surface area contributed by atoms with E-state index in [4.69, 9.17) is 0 Å². The fraction of sp³-hybridized carbons (Fsp3) is 0.458. The minimum Gasteiger partial charge on any atom is -0.361 e. The number of amides is 1. The van der Waals surface area contributed by atoms with Gasteiger partial charge in [-0.05, 0) is 67.8 Å². The van der Waals surface area contributed by atoms with Crippen LogP contribution in [0.1, 0.15) is 49.1 Å². The number of para-hydroxylation sites is 1. The molecule has 3 aromatic rings. The first-order chi connectivity index (χ1) is 14.2. The molecule has 29 heavy (non-hydrogen) atoms. The van der Waals surface area contributed by atoms with Gasteiger partial charge >= 0.3 is 0 Å².